The zero-order chi connectivity index (χ0) is 21.3. The normalized spacial score (nSPS) is 19.8. The molecule has 0 unspecified atom stereocenters. The Kier molecular flexibility index (Phi) is 5.57. The van der Waals surface area contributed by atoms with Crippen molar-refractivity contribution in [1.82, 2.24) is 13.9 Å². The van der Waals surface area contributed by atoms with Gasteiger partial charge in [-0.25, -0.2) is 22.2 Å². The van der Waals surface area contributed by atoms with Crippen LogP contribution in [-0.2, 0) is 17.1 Å². The van der Waals surface area contributed by atoms with Crippen LogP contribution in [0, 0.1) is 17.6 Å². The van der Waals surface area contributed by atoms with E-state index in [9.17, 15) is 17.2 Å². The average Bonchev–Trinajstić information content (AvgIpc) is 3.34. The first-order valence-corrected chi connectivity index (χ1v) is 10.9. The van der Waals surface area contributed by atoms with Gasteiger partial charge in [0, 0.05) is 44.2 Å². The van der Waals surface area contributed by atoms with E-state index < -0.39 is 15.8 Å². The summed E-state index contributed by atoms with van der Waals surface area (Å²) in [4.78, 5) is 3.98. The molecule has 0 bridgehead atoms. The van der Waals surface area contributed by atoms with Crippen molar-refractivity contribution in [2.45, 2.75) is 10.9 Å². The lowest BCUT2D eigenvalue weighted by Gasteiger charge is -2.19. The monoisotopic (exact) mass is 433 g/mol. The highest BCUT2D eigenvalue weighted by molar-refractivity contribution is 7.89. The van der Waals surface area contributed by atoms with Gasteiger partial charge in [0.15, 0.2) is 5.03 Å². The summed E-state index contributed by atoms with van der Waals surface area (Å²) >= 11 is 0. The number of imidazole rings is 1. The van der Waals surface area contributed by atoms with Crippen LogP contribution in [0.5, 0.6) is 5.75 Å². The molecule has 1 aliphatic heterocycles. The average molecular weight is 433 g/mol. The molecular weight excluding hydrogens is 412 g/mol. The van der Waals surface area contributed by atoms with Crippen LogP contribution in [0.25, 0.3) is 0 Å². The van der Waals surface area contributed by atoms with Crippen molar-refractivity contribution in [2.75, 3.05) is 19.7 Å². The van der Waals surface area contributed by atoms with E-state index in [1.54, 1.807) is 35.9 Å². The minimum Gasteiger partial charge on any atom is -0.493 e. The molecule has 3 aromatic rings. The van der Waals surface area contributed by atoms with Gasteiger partial charge in [0.05, 0.1) is 12.9 Å². The van der Waals surface area contributed by atoms with E-state index >= 15 is 0 Å². The molecule has 2 aromatic carbocycles. The summed E-state index contributed by atoms with van der Waals surface area (Å²) < 4.78 is 61.6. The molecule has 1 aromatic heterocycles. The van der Waals surface area contributed by atoms with E-state index in [1.807, 2.05) is 0 Å². The Morgan fingerprint density at radius 3 is 2.53 bits per heavy atom. The molecule has 0 aliphatic carbocycles. The maximum absolute atomic E-state index is 13.4. The summed E-state index contributed by atoms with van der Waals surface area (Å²) in [6.45, 7) is 0.637. The molecule has 1 aliphatic rings. The van der Waals surface area contributed by atoms with Gasteiger partial charge in [-0.1, -0.05) is 18.2 Å². The van der Waals surface area contributed by atoms with E-state index in [0.717, 1.165) is 5.56 Å². The van der Waals surface area contributed by atoms with Crippen molar-refractivity contribution in [1.29, 1.82) is 0 Å². The zero-order valence-electron chi connectivity index (χ0n) is 16.3. The summed E-state index contributed by atoms with van der Waals surface area (Å²) in [5, 5.41) is -0.0189. The Labute approximate surface area is 173 Å². The predicted octanol–water partition coefficient (Wildman–Crippen LogP) is 3.18. The van der Waals surface area contributed by atoms with Gasteiger partial charge in [-0.15, -0.1) is 0 Å². The number of ether oxygens (including phenoxy) is 1. The highest BCUT2D eigenvalue weighted by Crippen LogP contribution is 2.36. The van der Waals surface area contributed by atoms with E-state index in [0.29, 0.717) is 5.75 Å². The van der Waals surface area contributed by atoms with Gasteiger partial charge >= 0.3 is 0 Å². The summed E-state index contributed by atoms with van der Waals surface area (Å²) in [5.41, 5.74) is 0.822. The number of rotatable bonds is 6. The van der Waals surface area contributed by atoms with E-state index in [4.69, 9.17) is 4.74 Å². The SMILES string of the molecule is Cn1cnc(S(=O)(=O)N2C[C@@H](COc3cccc(F)c3)[C@H](c3ccc(F)cc3)C2)c1. The van der Waals surface area contributed by atoms with Crippen LogP contribution in [0.4, 0.5) is 8.78 Å². The second-order valence-corrected chi connectivity index (χ2v) is 9.27. The molecule has 30 heavy (non-hydrogen) atoms. The van der Waals surface area contributed by atoms with Crippen LogP contribution in [0.1, 0.15) is 11.5 Å². The second kappa shape index (κ2) is 8.16. The molecule has 9 heteroatoms. The molecule has 0 N–H and O–H groups in total. The first-order valence-electron chi connectivity index (χ1n) is 9.45. The lowest BCUT2D eigenvalue weighted by Crippen LogP contribution is -2.30. The van der Waals surface area contributed by atoms with Crippen molar-refractivity contribution < 1.29 is 21.9 Å². The van der Waals surface area contributed by atoms with Gasteiger partial charge in [0.2, 0.25) is 0 Å². The van der Waals surface area contributed by atoms with Crippen LogP contribution in [0.2, 0.25) is 0 Å². The van der Waals surface area contributed by atoms with Crippen LogP contribution in [0.3, 0.4) is 0 Å². The number of aromatic nitrogens is 2. The molecule has 158 valence electrons. The maximum atomic E-state index is 13.4. The zero-order valence-corrected chi connectivity index (χ0v) is 17.1. The summed E-state index contributed by atoms with van der Waals surface area (Å²) in [6, 6.07) is 11.8. The number of hydrogen-bond acceptors (Lipinski definition) is 4. The lowest BCUT2D eigenvalue weighted by molar-refractivity contribution is 0.244. The topological polar surface area (TPSA) is 64.4 Å². The van der Waals surface area contributed by atoms with Crippen molar-refractivity contribution in [3.05, 3.63) is 78.3 Å². The minimum absolute atomic E-state index is 0.0189. The quantitative estimate of drug-likeness (QED) is 0.599. The van der Waals surface area contributed by atoms with Gasteiger partial charge in [-0.2, -0.15) is 4.31 Å². The molecule has 1 saturated heterocycles. The van der Waals surface area contributed by atoms with Gasteiger partial charge in [-0.3, -0.25) is 0 Å². The smallest absolute Gasteiger partial charge is 0.262 e. The molecule has 0 saturated carbocycles. The highest BCUT2D eigenvalue weighted by atomic mass is 32.2. The van der Waals surface area contributed by atoms with Crippen molar-refractivity contribution in [3.8, 4) is 5.75 Å². The summed E-state index contributed by atoms with van der Waals surface area (Å²) in [5.74, 6) is -0.788. The van der Waals surface area contributed by atoms with Crippen LogP contribution in [-0.4, -0.2) is 42.0 Å². The Bertz CT molecular complexity index is 1130. The van der Waals surface area contributed by atoms with E-state index in [-0.39, 0.29) is 42.4 Å². The minimum atomic E-state index is -3.78. The number of aryl methyl sites for hydroxylation is 1. The second-order valence-electron chi connectivity index (χ2n) is 7.39. The van der Waals surface area contributed by atoms with Gasteiger partial charge in [-0.05, 0) is 29.8 Å². The van der Waals surface area contributed by atoms with Crippen molar-refractivity contribution in [2.24, 2.45) is 13.0 Å². The lowest BCUT2D eigenvalue weighted by atomic mass is 9.89. The van der Waals surface area contributed by atoms with Gasteiger partial charge in [0.25, 0.3) is 10.0 Å². The number of sulfonamides is 1. The van der Waals surface area contributed by atoms with Gasteiger partial charge < -0.3 is 9.30 Å². The molecule has 2 atom stereocenters. The fraction of sp³-hybridized carbons (Fsp3) is 0.286. The molecule has 0 spiro atoms. The van der Waals surface area contributed by atoms with Gasteiger partial charge in [0.1, 0.15) is 17.4 Å². The fourth-order valence-electron chi connectivity index (χ4n) is 3.70. The molecule has 0 radical (unpaired) electrons. The van der Waals surface area contributed by atoms with E-state index in [1.165, 1.54) is 41.1 Å². The number of halogens is 2. The largest absolute Gasteiger partial charge is 0.493 e. The first kappa shape index (κ1) is 20.5. The molecule has 1 fully saturated rings. The first-order chi connectivity index (χ1) is 14.3. The highest BCUT2D eigenvalue weighted by Gasteiger charge is 2.41. The van der Waals surface area contributed by atoms with Crippen molar-refractivity contribution >= 4 is 10.0 Å². The Morgan fingerprint density at radius 2 is 1.87 bits per heavy atom. The predicted molar refractivity (Wildman–Crippen MR) is 106 cm³/mol. The third kappa shape index (κ3) is 4.22. The Morgan fingerprint density at radius 1 is 1.10 bits per heavy atom. The molecule has 2 heterocycles. The summed E-state index contributed by atoms with van der Waals surface area (Å²) in [7, 11) is -2.08. The standard InChI is InChI=1S/C21H21F2N3O3S/c1-25-12-21(24-14-25)30(27,28)26-10-16(13-29-19-4-2-3-18(23)9-19)20(11-26)15-5-7-17(22)8-6-15/h2-9,12,14,16,20H,10-11,13H2,1H3/t16-,20-/m0/s1. The third-order valence-electron chi connectivity index (χ3n) is 5.25. The summed E-state index contributed by atoms with van der Waals surface area (Å²) in [6.07, 6.45) is 2.89. The third-order valence-corrected chi connectivity index (χ3v) is 6.97. The van der Waals surface area contributed by atoms with E-state index in [2.05, 4.69) is 4.98 Å². The van der Waals surface area contributed by atoms with Crippen molar-refractivity contribution in [3.63, 3.8) is 0 Å². The number of benzene rings is 2. The molecule has 0 amide bonds. The molecule has 6 nitrogen and oxygen atoms in total. The number of nitrogens with zero attached hydrogens (tertiary/aromatic N) is 3. The molecular formula is C21H21F2N3O3S. The Balaban J connectivity index is 1.59. The van der Waals surface area contributed by atoms with Crippen LogP contribution >= 0.6 is 0 Å². The maximum Gasteiger partial charge on any atom is 0.262 e. The Hall–Kier alpha value is -2.78. The number of hydrogen-bond donors (Lipinski definition) is 0. The van der Waals surface area contributed by atoms with Crippen LogP contribution in [0.15, 0.2) is 66.1 Å². The fourth-order valence-corrected chi connectivity index (χ4v) is 5.19. The van der Waals surface area contributed by atoms with Crippen LogP contribution < -0.4 is 4.74 Å². The molecule has 4 rings (SSSR count).